The monoisotopic (exact) mass is 391 g/mol. The second kappa shape index (κ2) is 8.68. The number of amides is 3. The molecule has 0 atom stereocenters. The average molecular weight is 392 g/mol. The molecule has 0 aliphatic carbocycles. The number of nitrogens with one attached hydrogen (secondary N) is 1. The average Bonchev–Trinajstić information content (AvgIpc) is 3.19. The Morgan fingerprint density at radius 1 is 0.931 bits per heavy atom. The number of rotatable bonds is 4. The van der Waals surface area contributed by atoms with Gasteiger partial charge in [-0.05, 0) is 54.0 Å². The summed E-state index contributed by atoms with van der Waals surface area (Å²) in [6.45, 7) is 5.06. The van der Waals surface area contributed by atoms with Crippen LogP contribution in [0, 0.1) is 0 Å². The first-order valence-corrected chi connectivity index (χ1v) is 10.6. The Hall–Kier alpha value is -2.82. The van der Waals surface area contributed by atoms with Crippen LogP contribution in [0.5, 0.6) is 0 Å². The first kappa shape index (κ1) is 19.5. The Balaban J connectivity index is 1.30. The molecule has 1 N–H and O–H groups in total. The van der Waals surface area contributed by atoms with E-state index in [4.69, 9.17) is 0 Å². The van der Waals surface area contributed by atoms with Gasteiger partial charge >= 0.3 is 6.03 Å². The van der Waals surface area contributed by atoms with Crippen LogP contribution < -0.4 is 5.32 Å². The summed E-state index contributed by atoms with van der Waals surface area (Å²) in [6.07, 6.45) is 3.58. The summed E-state index contributed by atoms with van der Waals surface area (Å²) in [5.74, 6) is 0.770. The predicted octanol–water partition coefficient (Wildman–Crippen LogP) is 4.74. The van der Waals surface area contributed by atoms with Gasteiger partial charge in [-0.25, -0.2) is 4.79 Å². The van der Waals surface area contributed by atoms with Crippen LogP contribution in [0.3, 0.4) is 0 Å². The molecule has 0 radical (unpaired) electrons. The van der Waals surface area contributed by atoms with Gasteiger partial charge in [-0.15, -0.1) is 0 Å². The molecule has 0 unspecified atom stereocenters. The lowest BCUT2D eigenvalue weighted by Gasteiger charge is -2.32. The minimum atomic E-state index is -0.0586. The molecule has 4 rings (SSSR count). The molecule has 2 aliphatic rings. The number of piperidine rings is 1. The molecule has 0 spiro atoms. The van der Waals surface area contributed by atoms with Crippen molar-refractivity contribution in [2.45, 2.75) is 51.6 Å². The molecule has 5 nitrogen and oxygen atoms in total. The van der Waals surface area contributed by atoms with Crippen molar-refractivity contribution in [2.75, 3.05) is 18.4 Å². The van der Waals surface area contributed by atoms with E-state index >= 15 is 0 Å². The number of carbonyl (C=O) groups excluding carboxylic acids is 2. The maximum atomic E-state index is 12.6. The highest BCUT2D eigenvalue weighted by Gasteiger charge is 2.24. The number of carbonyl (C=O) groups is 2. The van der Waals surface area contributed by atoms with Gasteiger partial charge in [-0.1, -0.05) is 43.3 Å². The van der Waals surface area contributed by atoms with Gasteiger partial charge in [0.05, 0.1) is 0 Å². The molecule has 3 amide bonds. The lowest BCUT2D eigenvalue weighted by atomic mass is 9.89. The van der Waals surface area contributed by atoms with E-state index in [0.717, 1.165) is 38.0 Å². The molecule has 2 heterocycles. The van der Waals surface area contributed by atoms with Crippen molar-refractivity contribution in [1.82, 2.24) is 9.80 Å². The molecule has 2 aromatic carbocycles. The molecular formula is C24H29N3O2. The Morgan fingerprint density at radius 2 is 1.55 bits per heavy atom. The maximum absolute atomic E-state index is 12.6. The van der Waals surface area contributed by atoms with Crippen molar-refractivity contribution in [1.29, 1.82) is 0 Å². The number of hydrogen-bond donors (Lipinski definition) is 1. The third-order valence-electron chi connectivity index (χ3n) is 6.07. The smallest absolute Gasteiger partial charge is 0.322 e. The van der Waals surface area contributed by atoms with Crippen LogP contribution in [0.1, 0.15) is 55.2 Å². The van der Waals surface area contributed by atoms with Gasteiger partial charge in [0.15, 0.2) is 0 Å². The van der Waals surface area contributed by atoms with Crippen molar-refractivity contribution in [3.63, 3.8) is 0 Å². The van der Waals surface area contributed by atoms with E-state index in [9.17, 15) is 9.59 Å². The zero-order valence-corrected chi connectivity index (χ0v) is 17.1. The Labute approximate surface area is 172 Å². The van der Waals surface area contributed by atoms with E-state index in [1.807, 2.05) is 41.0 Å². The third kappa shape index (κ3) is 4.44. The quantitative estimate of drug-likeness (QED) is 0.818. The SMILES string of the molecule is CCCC(=O)N1CCC(c2ccc(NC(=O)N3Cc4ccccc4C3)cc2)CC1. The van der Waals surface area contributed by atoms with Crippen LogP contribution in [-0.4, -0.2) is 34.8 Å². The summed E-state index contributed by atoms with van der Waals surface area (Å²) in [5, 5.41) is 3.02. The van der Waals surface area contributed by atoms with E-state index in [1.54, 1.807) is 0 Å². The summed E-state index contributed by atoms with van der Waals surface area (Å²) in [6, 6.07) is 16.3. The zero-order valence-electron chi connectivity index (χ0n) is 17.1. The lowest BCUT2D eigenvalue weighted by molar-refractivity contribution is -0.132. The fraction of sp³-hybridized carbons (Fsp3) is 0.417. The first-order chi connectivity index (χ1) is 14.1. The number of urea groups is 1. The number of hydrogen-bond acceptors (Lipinski definition) is 2. The van der Waals surface area contributed by atoms with Gasteiger partial charge in [-0.3, -0.25) is 4.79 Å². The number of benzene rings is 2. The van der Waals surface area contributed by atoms with Gasteiger partial charge in [-0.2, -0.15) is 0 Å². The molecule has 0 aromatic heterocycles. The Bertz CT molecular complexity index is 845. The molecule has 2 aromatic rings. The van der Waals surface area contributed by atoms with Crippen molar-refractivity contribution >= 4 is 17.6 Å². The van der Waals surface area contributed by atoms with Crippen LogP contribution in [0.25, 0.3) is 0 Å². The van der Waals surface area contributed by atoms with Crippen molar-refractivity contribution in [3.8, 4) is 0 Å². The highest BCUT2D eigenvalue weighted by Crippen LogP contribution is 2.29. The summed E-state index contributed by atoms with van der Waals surface area (Å²) < 4.78 is 0. The molecule has 29 heavy (non-hydrogen) atoms. The fourth-order valence-corrected chi connectivity index (χ4v) is 4.35. The number of fused-ring (bicyclic) bond motifs is 1. The second-order valence-electron chi connectivity index (χ2n) is 8.08. The molecule has 152 valence electrons. The van der Waals surface area contributed by atoms with Crippen LogP contribution >= 0.6 is 0 Å². The van der Waals surface area contributed by atoms with E-state index < -0.39 is 0 Å². The van der Waals surface area contributed by atoms with Gasteiger partial charge in [0, 0.05) is 38.3 Å². The van der Waals surface area contributed by atoms with E-state index in [2.05, 4.69) is 29.6 Å². The topological polar surface area (TPSA) is 52.7 Å². The lowest BCUT2D eigenvalue weighted by Crippen LogP contribution is -2.37. The predicted molar refractivity (Wildman–Crippen MR) is 115 cm³/mol. The largest absolute Gasteiger partial charge is 0.343 e. The van der Waals surface area contributed by atoms with Crippen molar-refractivity contribution < 1.29 is 9.59 Å². The fourth-order valence-electron chi connectivity index (χ4n) is 4.35. The van der Waals surface area contributed by atoms with Gasteiger partial charge in [0.1, 0.15) is 0 Å². The summed E-state index contributed by atoms with van der Waals surface area (Å²) in [7, 11) is 0. The highest BCUT2D eigenvalue weighted by molar-refractivity contribution is 5.89. The molecule has 0 saturated carbocycles. The summed E-state index contributed by atoms with van der Waals surface area (Å²) in [5.41, 5.74) is 4.56. The number of nitrogens with zero attached hydrogens (tertiary/aromatic N) is 2. The zero-order chi connectivity index (χ0) is 20.2. The van der Waals surface area contributed by atoms with E-state index in [-0.39, 0.29) is 11.9 Å². The molecule has 1 saturated heterocycles. The van der Waals surface area contributed by atoms with Crippen LogP contribution in [0.15, 0.2) is 48.5 Å². The van der Waals surface area contributed by atoms with E-state index in [0.29, 0.717) is 25.4 Å². The van der Waals surface area contributed by atoms with Crippen molar-refractivity contribution in [3.05, 3.63) is 65.2 Å². The Kier molecular flexibility index (Phi) is 5.84. The van der Waals surface area contributed by atoms with Gasteiger partial charge in [0.25, 0.3) is 0 Å². The highest BCUT2D eigenvalue weighted by atomic mass is 16.2. The molecule has 1 fully saturated rings. The molecular weight excluding hydrogens is 362 g/mol. The number of likely N-dealkylation sites (tertiary alicyclic amines) is 1. The van der Waals surface area contributed by atoms with Crippen LogP contribution in [0.4, 0.5) is 10.5 Å². The normalized spacial score (nSPS) is 16.6. The van der Waals surface area contributed by atoms with Crippen LogP contribution in [0.2, 0.25) is 0 Å². The first-order valence-electron chi connectivity index (χ1n) is 10.6. The van der Waals surface area contributed by atoms with E-state index in [1.165, 1.54) is 16.7 Å². The maximum Gasteiger partial charge on any atom is 0.322 e. The molecule has 0 bridgehead atoms. The Morgan fingerprint density at radius 3 is 2.14 bits per heavy atom. The van der Waals surface area contributed by atoms with Crippen molar-refractivity contribution in [2.24, 2.45) is 0 Å². The number of anilines is 1. The standard InChI is InChI=1S/C24H29N3O2/c1-2-5-23(28)26-14-12-19(13-15-26)18-8-10-22(11-9-18)25-24(29)27-16-20-6-3-4-7-21(20)17-27/h3-4,6-11,19H,2,5,12-17H2,1H3,(H,25,29). The summed E-state index contributed by atoms with van der Waals surface area (Å²) >= 11 is 0. The van der Waals surface area contributed by atoms with Gasteiger partial charge in [0.2, 0.25) is 5.91 Å². The summed E-state index contributed by atoms with van der Waals surface area (Å²) in [4.78, 5) is 28.5. The second-order valence-corrected chi connectivity index (χ2v) is 8.08. The molecule has 2 aliphatic heterocycles. The molecule has 5 heteroatoms. The minimum absolute atomic E-state index is 0.0586. The van der Waals surface area contributed by atoms with Gasteiger partial charge < -0.3 is 15.1 Å². The third-order valence-corrected chi connectivity index (χ3v) is 6.07. The van der Waals surface area contributed by atoms with Crippen LogP contribution in [-0.2, 0) is 17.9 Å². The minimum Gasteiger partial charge on any atom is -0.343 e.